The number of nitrogens with zero attached hydrogens (tertiary/aromatic N) is 3. The fraction of sp³-hybridized carbons (Fsp3) is 0.316. The summed E-state index contributed by atoms with van der Waals surface area (Å²) in [4.78, 5) is 15.8. The number of carbonyl (C=O) groups excluding carboxylic acids is 1. The van der Waals surface area contributed by atoms with E-state index in [0.717, 1.165) is 33.5 Å². The van der Waals surface area contributed by atoms with Gasteiger partial charge in [0.2, 0.25) is 0 Å². The molecule has 1 aliphatic rings. The highest BCUT2D eigenvalue weighted by Gasteiger charge is 2.20. The van der Waals surface area contributed by atoms with Gasteiger partial charge in [-0.1, -0.05) is 6.92 Å². The molecule has 0 saturated heterocycles. The maximum atomic E-state index is 12.6. The van der Waals surface area contributed by atoms with Crippen LogP contribution in [-0.4, -0.2) is 20.7 Å². The average molecular weight is 385 g/mol. The minimum atomic E-state index is -0.0224. The van der Waals surface area contributed by atoms with Gasteiger partial charge in [-0.15, -0.1) is 21.5 Å². The molecule has 0 fully saturated rings. The molecule has 1 aliphatic carbocycles. The van der Waals surface area contributed by atoms with Crippen molar-refractivity contribution in [3.8, 4) is 0 Å². The summed E-state index contributed by atoms with van der Waals surface area (Å²) in [5.74, 6) is 0.692. The lowest BCUT2D eigenvalue weighted by Crippen LogP contribution is -2.10. The smallest absolute Gasteiger partial charge is 0.265 e. The molecule has 26 heavy (non-hydrogen) atoms. The molecule has 0 bridgehead atoms. The fourth-order valence-corrected chi connectivity index (χ4v) is 4.95. The first-order valence-electron chi connectivity index (χ1n) is 8.63. The number of rotatable bonds is 4. The van der Waals surface area contributed by atoms with Gasteiger partial charge >= 0.3 is 0 Å². The predicted molar refractivity (Wildman–Crippen MR) is 105 cm³/mol. The van der Waals surface area contributed by atoms with E-state index in [4.69, 9.17) is 0 Å². The zero-order chi connectivity index (χ0) is 18.1. The number of aryl methyl sites for hydroxylation is 2. The summed E-state index contributed by atoms with van der Waals surface area (Å²) in [5, 5.41) is 11.8. The molecule has 0 spiro atoms. The minimum Gasteiger partial charge on any atom is -0.321 e. The molecule has 4 rings (SSSR count). The van der Waals surface area contributed by atoms with Gasteiger partial charge < -0.3 is 9.88 Å². The third-order valence-electron chi connectivity index (χ3n) is 4.54. The SMILES string of the molecule is CC1CCc2sc(C(=O)Nc3ccc(Sc4nncn4C)cc3)cc2C1. The Balaban J connectivity index is 1.42. The second-order valence-electron chi connectivity index (χ2n) is 6.71. The van der Waals surface area contributed by atoms with Crippen LogP contribution in [0.1, 0.15) is 33.5 Å². The lowest BCUT2D eigenvalue weighted by molar-refractivity contribution is 0.103. The van der Waals surface area contributed by atoms with Crippen LogP contribution < -0.4 is 5.32 Å². The Morgan fingerprint density at radius 1 is 1.35 bits per heavy atom. The second kappa shape index (κ2) is 7.25. The molecule has 0 aliphatic heterocycles. The van der Waals surface area contributed by atoms with Gasteiger partial charge in [0.15, 0.2) is 5.16 Å². The number of fused-ring (bicyclic) bond motifs is 1. The first kappa shape index (κ1) is 17.3. The van der Waals surface area contributed by atoms with Crippen molar-refractivity contribution >= 4 is 34.7 Å². The van der Waals surface area contributed by atoms with E-state index in [-0.39, 0.29) is 5.91 Å². The van der Waals surface area contributed by atoms with Gasteiger partial charge in [-0.05, 0) is 72.8 Å². The maximum absolute atomic E-state index is 12.6. The Hall–Kier alpha value is -2.12. The zero-order valence-corrected chi connectivity index (χ0v) is 16.4. The lowest BCUT2D eigenvalue weighted by Gasteiger charge is -2.16. The van der Waals surface area contributed by atoms with E-state index in [9.17, 15) is 4.79 Å². The first-order valence-corrected chi connectivity index (χ1v) is 10.3. The summed E-state index contributed by atoms with van der Waals surface area (Å²) in [7, 11) is 1.91. The van der Waals surface area contributed by atoms with Crippen molar-refractivity contribution in [2.24, 2.45) is 13.0 Å². The molecule has 134 valence electrons. The molecule has 2 aromatic heterocycles. The Morgan fingerprint density at radius 2 is 2.15 bits per heavy atom. The predicted octanol–water partition coefficient (Wildman–Crippen LogP) is 4.40. The molecule has 1 aromatic carbocycles. The number of nitrogens with one attached hydrogen (secondary N) is 1. The van der Waals surface area contributed by atoms with Gasteiger partial charge in [0.1, 0.15) is 6.33 Å². The van der Waals surface area contributed by atoms with Crippen molar-refractivity contribution in [3.05, 3.63) is 52.0 Å². The lowest BCUT2D eigenvalue weighted by atomic mass is 9.90. The molecule has 0 radical (unpaired) electrons. The summed E-state index contributed by atoms with van der Waals surface area (Å²) in [6.45, 7) is 2.28. The molecule has 7 heteroatoms. The number of benzene rings is 1. The third-order valence-corrected chi connectivity index (χ3v) is 6.84. The van der Waals surface area contributed by atoms with Crippen molar-refractivity contribution < 1.29 is 4.79 Å². The summed E-state index contributed by atoms with van der Waals surface area (Å²) in [6.07, 6.45) is 5.09. The largest absolute Gasteiger partial charge is 0.321 e. The van der Waals surface area contributed by atoms with Crippen molar-refractivity contribution in [2.75, 3.05) is 5.32 Å². The van der Waals surface area contributed by atoms with Gasteiger partial charge in [0, 0.05) is 22.5 Å². The van der Waals surface area contributed by atoms with E-state index in [2.05, 4.69) is 28.5 Å². The minimum absolute atomic E-state index is 0.0224. The van der Waals surface area contributed by atoms with Gasteiger partial charge in [-0.3, -0.25) is 4.79 Å². The van der Waals surface area contributed by atoms with E-state index in [0.29, 0.717) is 5.92 Å². The number of hydrogen-bond donors (Lipinski definition) is 1. The van der Waals surface area contributed by atoms with Gasteiger partial charge in [0.25, 0.3) is 5.91 Å². The van der Waals surface area contributed by atoms with Crippen molar-refractivity contribution in [1.29, 1.82) is 0 Å². The van der Waals surface area contributed by atoms with Crippen molar-refractivity contribution in [3.63, 3.8) is 0 Å². The first-order chi connectivity index (χ1) is 12.6. The monoisotopic (exact) mass is 384 g/mol. The van der Waals surface area contributed by atoms with Crippen LogP contribution in [0.4, 0.5) is 5.69 Å². The standard InChI is InChI=1S/C19H20N4OS2/c1-12-3-8-16-13(9-12)10-17(26-16)18(24)21-14-4-6-15(7-5-14)25-19-22-20-11-23(19)2/h4-7,10-12H,3,8-9H2,1-2H3,(H,21,24). The molecule has 5 nitrogen and oxygen atoms in total. The summed E-state index contributed by atoms with van der Waals surface area (Å²) in [5.41, 5.74) is 2.16. The Kier molecular flexibility index (Phi) is 4.82. The van der Waals surface area contributed by atoms with Crippen LogP contribution in [0.3, 0.4) is 0 Å². The molecule has 0 saturated carbocycles. The topological polar surface area (TPSA) is 59.8 Å². The highest BCUT2D eigenvalue weighted by atomic mass is 32.2. The van der Waals surface area contributed by atoms with Crippen LogP contribution in [0.25, 0.3) is 0 Å². The molecular weight excluding hydrogens is 364 g/mol. The molecule has 2 heterocycles. The summed E-state index contributed by atoms with van der Waals surface area (Å²) >= 11 is 3.18. The zero-order valence-electron chi connectivity index (χ0n) is 14.7. The Morgan fingerprint density at radius 3 is 2.88 bits per heavy atom. The third kappa shape index (κ3) is 3.68. The van der Waals surface area contributed by atoms with E-state index in [1.807, 2.05) is 35.9 Å². The quantitative estimate of drug-likeness (QED) is 0.724. The number of anilines is 1. The average Bonchev–Trinajstić information content (AvgIpc) is 3.22. The molecule has 1 atom stereocenters. The molecule has 1 N–H and O–H groups in total. The van der Waals surface area contributed by atoms with Crippen LogP contribution >= 0.6 is 23.1 Å². The number of carbonyl (C=O) groups is 1. The van der Waals surface area contributed by atoms with Gasteiger partial charge in [-0.2, -0.15) is 0 Å². The van der Waals surface area contributed by atoms with Crippen LogP contribution in [0.5, 0.6) is 0 Å². The summed E-state index contributed by atoms with van der Waals surface area (Å²) < 4.78 is 1.87. The van der Waals surface area contributed by atoms with Crippen LogP contribution in [0.2, 0.25) is 0 Å². The second-order valence-corrected chi connectivity index (χ2v) is 8.89. The number of hydrogen-bond acceptors (Lipinski definition) is 5. The summed E-state index contributed by atoms with van der Waals surface area (Å²) in [6, 6.07) is 9.88. The number of thiophene rings is 1. The highest BCUT2D eigenvalue weighted by molar-refractivity contribution is 7.99. The molecular formula is C19H20N4OS2. The van der Waals surface area contributed by atoms with Crippen molar-refractivity contribution in [2.45, 2.75) is 36.2 Å². The Bertz CT molecular complexity index is 929. The number of aromatic nitrogens is 3. The Labute approximate surface area is 160 Å². The van der Waals surface area contributed by atoms with Gasteiger partial charge in [-0.25, -0.2) is 0 Å². The van der Waals surface area contributed by atoms with Crippen molar-refractivity contribution in [1.82, 2.24) is 14.8 Å². The molecule has 1 amide bonds. The van der Waals surface area contributed by atoms with E-state index in [1.165, 1.54) is 16.9 Å². The van der Waals surface area contributed by atoms with E-state index < -0.39 is 0 Å². The molecule has 1 unspecified atom stereocenters. The van der Waals surface area contributed by atoms with Crippen LogP contribution in [0, 0.1) is 5.92 Å². The van der Waals surface area contributed by atoms with E-state index in [1.54, 1.807) is 29.4 Å². The van der Waals surface area contributed by atoms with Crippen LogP contribution in [0.15, 0.2) is 46.7 Å². The highest BCUT2D eigenvalue weighted by Crippen LogP contribution is 2.32. The normalized spacial score (nSPS) is 16.3. The van der Waals surface area contributed by atoms with Gasteiger partial charge in [0.05, 0.1) is 4.88 Å². The molecule has 3 aromatic rings. The fourth-order valence-electron chi connectivity index (χ4n) is 3.09. The number of amides is 1. The van der Waals surface area contributed by atoms with Crippen LogP contribution in [-0.2, 0) is 19.9 Å². The van der Waals surface area contributed by atoms with E-state index >= 15 is 0 Å². The maximum Gasteiger partial charge on any atom is 0.265 e.